The first-order chi connectivity index (χ1) is 14.3. The van der Waals surface area contributed by atoms with Crippen LogP contribution in [0.3, 0.4) is 0 Å². The number of anilines is 1. The molecule has 0 saturated carbocycles. The fourth-order valence-corrected chi connectivity index (χ4v) is 5.04. The molecule has 1 unspecified atom stereocenters. The van der Waals surface area contributed by atoms with Gasteiger partial charge in [-0.2, -0.15) is 0 Å². The molecule has 4 rings (SSSR count). The Bertz CT molecular complexity index is 923. The first-order valence-electron chi connectivity index (χ1n) is 10.6. The van der Waals surface area contributed by atoms with Crippen LogP contribution in [0.1, 0.15) is 43.9 Å². The summed E-state index contributed by atoms with van der Waals surface area (Å²) < 4.78 is 13.8. The summed E-state index contributed by atoms with van der Waals surface area (Å²) in [6, 6.07) is 13.7. The third kappa shape index (κ3) is 3.93. The molecule has 0 bridgehead atoms. The normalized spacial score (nSPS) is 21.0. The Morgan fingerprint density at radius 3 is 2.43 bits per heavy atom. The Morgan fingerprint density at radius 2 is 1.83 bits per heavy atom. The molecular formula is C24H29ClFN3O. The average Bonchev–Trinajstić information content (AvgIpc) is 2.71. The van der Waals surface area contributed by atoms with Crippen LogP contribution in [-0.2, 0) is 0 Å². The van der Waals surface area contributed by atoms with Gasteiger partial charge in [-0.15, -0.1) is 0 Å². The van der Waals surface area contributed by atoms with Crippen molar-refractivity contribution >= 4 is 23.3 Å². The number of carbonyl (C=O) groups is 1. The fourth-order valence-electron chi connectivity index (χ4n) is 4.91. The Hall–Kier alpha value is -2.11. The summed E-state index contributed by atoms with van der Waals surface area (Å²) in [6.45, 7) is 8.64. The van der Waals surface area contributed by atoms with Crippen molar-refractivity contribution in [2.75, 3.05) is 25.0 Å². The van der Waals surface area contributed by atoms with Crippen LogP contribution in [-0.4, -0.2) is 41.5 Å². The number of halogens is 2. The molecule has 1 N–H and O–H groups in total. The van der Waals surface area contributed by atoms with E-state index in [4.69, 9.17) is 11.6 Å². The molecule has 2 aromatic carbocycles. The topological polar surface area (TPSA) is 35.6 Å². The second kappa shape index (κ2) is 8.20. The van der Waals surface area contributed by atoms with Gasteiger partial charge in [0.1, 0.15) is 5.82 Å². The zero-order valence-corrected chi connectivity index (χ0v) is 18.5. The minimum atomic E-state index is -0.306. The molecule has 4 nitrogen and oxygen atoms in total. The van der Waals surface area contributed by atoms with E-state index in [0.717, 1.165) is 24.4 Å². The maximum Gasteiger partial charge on any atom is 0.321 e. The lowest BCUT2D eigenvalue weighted by Gasteiger charge is -2.62. The molecule has 6 heteroatoms. The fraction of sp³-hybridized carbons (Fsp3) is 0.458. The van der Waals surface area contributed by atoms with E-state index in [2.05, 4.69) is 36.2 Å². The standard InChI is InChI=1S/C24H29ClFN3O/c1-16(2)29-15-24(22(29)18-5-7-19(25)8-6-18)10-12-28(13-11-24)23(30)27-20-9-4-17(3)21(26)14-20/h4-9,14,16,22H,10-13,15H2,1-3H3,(H,27,30). The minimum absolute atomic E-state index is 0.156. The summed E-state index contributed by atoms with van der Waals surface area (Å²) in [6.07, 6.45) is 1.92. The van der Waals surface area contributed by atoms with Crippen LogP contribution in [0.25, 0.3) is 0 Å². The van der Waals surface area contributed by atoms with Crippen LogP contribution in [0.4, 0.5) is 14.9 Å². The quantitative estimate of drug-likeness (QED) is 0.662. The van der Waals surface area contributed by atoms with Gasteiger partial charge >= 0.3 is 6.03 Å². The van der Waals surface area contributed by atoms with E-state index in [0.29, 0.717) is 36.4 Å². The van der Waals surface area contributed by atoms with Gasteiger partial charge in [0.25, 0.3) is 0 Å². The van der Waals surface area contributed by atoms with Gasteiger partial charge < -0.3 is 10.2 Å². The van der Waals surface area contributed by atoms with Gasteiger partial charge in [-0.3, -0.25) is 4.90 Å². The van der Waals surface area contributed by atoms with Gasteiger partial charge in [-0.25, -0.2) is 9.18 Å². The molecule has 30 heavy (non-hydrogen) atoms. The van der Waals surface area contributed by atoms with Crippen molar-refractivity contribution in [2.24, 2.45) is 5.41 Å². The van der Waals surface area contributed by atoms with Gasteiger partial charge in [0.05, 0.1) is 0 Å². The molecule has 2 fully saturated rings. The van der Waals surface area contributed by atoms with E-state index in [1.54, 1.807) is 19.1 Å². The van der Waals surface area contributed by atoms with Gasteiger partial charge in [0, 0.05) is 47.8 Å². The van der Waals surface area contributed by atoms with Crippen molar-refractivity contribution in [3.63, 3.8) is 0 Å². The summed E-state index contributed by atoms with van der Waals surface area (Å²) in [7, 11) is 0. The lowest BCUT2D eigenvalue weighted by atomic mass is 9.62. The van der Waals surface area contributed by atoms with Crippen molar-refractivity contribution in [3.05, 3.63) is 64.4 Å². The van der Waals surface area contributed by atoms with Crippen LogP contribution < -0.4 is 5.32 Å². The Labute approximate surface area is 183 Å². The molecule has 1 spiro atoms. The first-order valence-corrected chi connectivity index (χ1v) is 11.0. The molecule has 2 aromatic rings. The number of nitrogens with zero attached hydrogens (tertiary/aromatic N) is 2. The van der Waals surface area contributed by atoms with Crippen LogP contribution in [0.15, 0.2) is 42.5 Å². The number of carbonyl (C=O) groups excluding carboxylic acids is 1. The second-order valence-electron chi connectivity index (χ2n) is 8.96. The zero-order chi connectivity index (χ0) is 21.5. The van der Waals surface area contributed by atoms with Gasteiger partial charge in [-0.1, -0.05) is 29.8 Å². The highest BCUT2D eigenvalue weighted by Crippen LogP contribution is 2.55. The maximum atomic E-state index is 13.8. The molecule has 160 valence electrons. The average molecular weight is 430 g/mol. The number of nitrogens with one attached hydrogen (secondary N) is 1. The van der Waals surface area contributed by atoms with Gasteiger partial charge in [0.15, 0.2) is 0 Å². The van der Waals surface area contributed by atoms with Gasteiger partial charge in [0.2, 0.25) is 0 Å². The first kappa shape index (κ1) is 21.1. The summed E-state index contributed by atoms with van der Waals surface area (Å²) in [4.78, 5) is 17.1. The summed E-state index contributed by atoms with van der Waals surface area (Å²) >= 11 is 6.10. The summed E-state index contributed by atoms with van der Waals surface area (Å²) in [5, 5.41) is 3.59. The predicted octanol–water partition coefficient (Wildman–Crippen LogP) is 5.87. The zero-order valence-electron chi connectivity index (χ0n) is 17.8. The molecular weight excluding hydrogens is 401 g/mol. The highest BCUT2D eigenvalue weighted by Gasteiger charge is 2.54. The van der Waals surface area contributed by atoms with Crippen LogP contribution in [0.5, 0.6) is 0 Å². The maximum absolute atomic E-state index is 13.8. The van der Waals surface area contributed by atoms with Gasteiger partial charge in [-0.05, 0) is 69.0 Å². The SMILES string of the molecule is Cc1ccc(NC(=O)N2CCC3(CC2)CN(C(C)C)C3c2ccc(Cl)cc2)cc1F. The molecule has 2 saturated heterocycles. The Balaban J connectivity index is 1.43. The Morgan fingerprint density at radius 1 is 1.17 bits per heavy atom. The number of benzene rings is 2. The van der Waals surface area contributed by atoms with Crippen molar-refractivity contribution < 1.29 is 9.18 Å². The minimum Gasteiger partial charge on any atom is -0.324 e. The highest BCUT2D eigenvalue weighted by atomic mass is 35.5. The number of piperidine rings is 1. The number of hydrogen-bond donors (Lipinski definition) is 1. The predicted molar refractivity (Wildman–Crippen MR) is 119 cm³/mol. The molecule has 0 aliphatic carbocycles. The molecule has 0 aromatic heterocycles. The van der Waals surface area contributed by atoms with Crippen molar-refractivity contribution in [1.29, 1.82) is 0 Å². The number of rotatable bonds is 3. The lowest BCUT2D eigenvalue weighted by Crippen LogP contribution is -2.64. The number of urea groups is 1. The second-order valence-corrected chi connectivity index (χ2v) is 9.40. The summed E-state index contributed by atoms with van der Waals surface area (Å²) in [5.74, 6) is -0.306. The van der Waals surface area contributed by atoms with E-state index in [1.165, 1.54) is 11.6 Å². The molecule has 0 radical (unpaired) electrons. The monoisotopic (exact) mass is 429 g/mol. The number of aryl methyl sites for hydroxylation is 1. The smallest absolute Gasteiger partial charge is 0.321 e. The molecule has 2 heterocycles. The van der Waals surface area contributed by atoms with Crippen molar-refractivity contribution in [2.45, 2.75) is 45.7 Å². The number of amides is 2. The summed E-state index contributed by atoms with van der Waals surface area (Å²) in [5.41, 5.74) is 2.55. The third-order valence-electron chi connectivity index (χ3n) is 6.73. The van der Waals surface area contributed by atoms with E-state index in [9.17, 15) is 9.18 Å². The highest BCUT2D eigenvalue weighted by molar-refractivity contribution is 6.30. The Kier molecular flexibility index (Phi) is 5.78. The largest absolute Gasteiger partial charge is 0.324 e. The van der Waals surface area contributed by atoms with Crippen LogP contribution in [0, 0.1) is 18.2 Å². The number of hydrogen-bond acceptors (Lipinski definition) is 2. The van der Waals surface area contributed by atoms with E-state index in [1.807, 2.05) is 17.0 Å². The van der Waals surface area contributed by atoms with Crippen LogP contribution in [0.2, 0.25) is 5.02 Å². The molecule has 2 aliphatic rings. The lowest BCUT2D eigenvalue weighted by molar-refractivity contribution is -0.123. The molecule has 2 amide bonds. The molecule has 1 atom stereocenters. The molecule has 2 aliphatic heterocycles. The van der Waals surface area contributed by atoms with Crippen molar-refractivity contribution in [3.8, 4) is 0 Å². The third-order valence-corrected chi connectivity index (χ3v) is 6.98. The van der Waals surface area contributed by atoms with E-state index >= 15 is 0 Å². The van der Waals surface area contributed by atoms with Crippen LogP contribution >= 0.6 is 11.6 Å². The van der Waals surface area contributed by atoms with Crippen molar-refractivity contribution in [1.82, 2.24) is 9.80 Å². The van der Waals surface area contributed by atoms with E-state index < -0.39 is 0 Å². The van der Waals surface area contributed by atoms with E-state index in [-0.39, 0.29) is 17.3 Å². The number of likely N-dealkylation sites (tertiary alicyclic amines) is 2.